The summed E-state index contributed by atoms with van der Waals surface area (Å²) in [5.41, 5.74) is 1.76. The zero-order valence-electron chi connectivity index (χ0n) is 15.6. The van der Waals surface area contributed by atoms with Crippen LogP contribution in [0.2, 0.25) is 5.02 Å². The molecular weight excluding hydrogens is 414 g/mol. The van der Waals surface area contributed by atoms with Gasteiger partial charge >= 0.3 is 0 Å². The SMILES string of the molecule is CCN1C(=O)C(=C2Sc3ccc(OC)cc3N2C)SC1=Nc1cccc(Cl)c1. The number of likely N-dealkylation sites (N-methyl/N-ethyl adjacent to an activating group) is 1. The Morgan fingerprint density at radius 1 is 1.18 bits per heavy atom. The van der Waals surface area contributed by atoms with Gasteiger partial charge in [0, 0.05) is 29.6 Å². The first-order valence-corrected chi connectivity index (χ1v) is 10.7. The van der Waals surface area contributed by atoms with Crippen LogP contribution in [0.4, 0.5) is 11.4 Å². The minimum absolute atomic E-state index is 0.0256. The molecule has 0 spiro atoms. The quantitative estimate of drug-likeness (QED) is 0.613. The second-order valence-corrected chi connectivity index (χ2v) is 8.60. The first-order valence-electron chi connectivity index (χ1n) is 8.69. The summed E-state index contributed by atoms with van der Waals surface area (Å²) in [6, 6.07) is 13.3. The molecule has 1 amide bonds. The third-order valence-corrected chi connectivity index (χ3v) is 7.11. The van der Waals surface area contributed by atoms with E-state index in [1.807, 2.05) is 49.2 Å². The van der Waals surface area contributed by atoms with Gasteiger partial charge in [-0.25, -0.2) is 4.99 Å². The second kappa shape index (κ2) is 7.73. The van der Waals surface area contributed by atoms with Crippen LogP contribution in [0.1, 0.15) is 6.92 Å². The van der Waals surface area contributed by atoms with Crippen LogP contribution in [0, 0.1) is 0 Å². The van der Waals surface area contributed by atoms with Crippen molar-refractivity contribution in [3.8, 4) is 5.75 Å². The summed E-state index contributed by atoms with van der Waals surface area (Å²) in [6.45, 7) is 2.50. The maximum absolute atomic E-state index is 13.1. The number of benzene rings is 2. The molecular formula is C20H18ClN3O2S2. The second-order valence-electron chi connectivity index (χ2n) is 6.15. The van der Waals surface area contributed by atoms with Crippen molar-refractivity contribution in [2.45, 2.75) is 11.8 Å². The van der Waals surface area contributed by atoms with Crippen LogP contribution in [0.3, 0.4) is 0 Å². The lowest BCUT2D eigenvalue weighted by molar-refractivity contribution is -0.122. The highest BCUT2D eigenvalue weighted by atomic mass is 35.5. The van der Waals surface area contributed by atoms with Gasteiger partial charge in [0.1, 0.15) is 10.7 Å². The number of anilines is 1. The van der Waals surface area contributed by atoms with Gasteiger partial charge in [0.15, 0.2) is 5.17 Å². The van der Waals surface area contributed by atoms with E-state index in [1.165, 1.54) is 11.8 Å². The van der Waals surface area contributed by atoms with Crippen LogP contribution in [-0.2, 0) is 4.79 Å². The molecule has 0 aromatic heterocycles. The third kappa shape index (κ3) is 3.38. The normalized spacial score (nSPS) is 20.3. The van der Waals surface area contributed by atoms with E-state index >= 15 is 0 Å². The minimum Gasteiger partial charge on any atom is -0.497 e. The van der Waals surface area contributed by atoms with Crippen molar-refractivity contribution in [1.82, 2.24) is 4.90 Å². The molecule has 0 bridgehead atoms. The van der Waals surface area contributed by atoms with Crippen LogP contribution >= 0.6 is 35.1 Å². The smallest absolute Gasteiger partial charge is 0.269 e. The molecule has 1 fully saturated rings. The minimum atomic E-state index is -0.0256. The molecule has 1 saturated heterocycles. The van der Waals surface area contributed by atoms with Gasteiger partial charge in [-0.1, -0.05) is 29.4 Å². The predicted octanol–water partition coefficient (Wildman–Crippen LogP) is 5.34. The van der Waals surface area contributed by atoms with Crippen LogP contribution < -0.4 is 9.64 Å². The number of methoxy groups -OCH3 is 1. The zero-order valence-corrected chi connectivity index (χ0v) is 18.0. The molecule has 0 N–H and O–H groups in total. The Balaban J connectivity index is 1.72. The zero-order chi connectivity index (χ0) is 19.8. The summed E-state index contributed by atoms with van der Waals surface area (Å²) in [5.74, 6) is 0.767. The van der Waals surface area contributed by atoms with Crippen molar-refractivity contribution >= 4 is 57.6 Å². The van der Waals surface area contributed by atoms with Crippen molar-refractivity contribution in [3.05, 3.63) is 57.4 Å². The Labute approximate surface area is 177 Å². The fourth-order valence-corrected chi connectivity index (χ4v) is 5.58. The number of carbonyl (C=O) groups is 1. The number of hydrogen-bond donors (Lipinski definition) is 0. The number of halogens is 1. The average Bonchev–Trinajstić information content (AvgIpc) is 3.17. The summed E-state index contributed by atoms with van der Waals surface area (Å²) >= 11 is 9.07. The van der Waals surface area contributed by atoms with E-state index in [1.54, 1.807) is 35.9 Å². The number of rotatable bonds is 3. The Morgan fingerprint density at radius 3 is 2.71 bits per heavy atom. The van der Waals surface area contributed by atoms with Crippen LogP contribution in [0.15, 0.2) is 62.3 Å². The van der Waals surface area contributed by atoms with Gasteiger partial charge in [0.2, 0.25) is 0 Å². The lowest BCUT2D eigenvalue weighted by Gasteiger charge is -2.15. The first kappa shape index (κ1) is 19.2. The summed E-state index contributed by atoms with van der Waals surface area (Å²) in [4.78, 5) is 23.3. The Bertz CT molecular complexity index is 1020. The Kier molecular flexibility index (Phi) is 5.31. The molecule has 2 aliphatic heterocycles. The van der Waals surface area contributed by atoms with Gasteiger partial charge in [-0.2, -0.15) is 0 Å². The summed E-state index contributed by atoms with van der Waals surface area (Å²) in [6.07, 6.45) is 0. The Morgan fingerprint density at radius 2 is 2.00 bits per heavy atom. The van der Waals surface area contributed by atoms with Crippen LogP contribution in [0.5, 0.6) is 5.75 Å². The fraction of sp³-hybridized carbons (Fsp3) is 0.200. The molecule has 2 aromatic carbocycles. The number of carbonyl (C=O) groups excluding carboxylic acids is 1. The number of amides is 1. The van der Waals surface area contributed by atoms with Gasteiger partial charge in [0.05, 0.1) is 23.5 Å². The molecule has 4 rings (SSSR count). The molecule has 2 aromatic rings. The molecule has 0 atom stereocenters. The van der Waals surface area contributed by atoms with Crippen LogP contribution in [-0.4, -0.2) is 36.7 Å². The molecule has 2 aliphatic rings. The Hall–Kier alpha value is -2.09. The van der Waals surface area contributed by atoms with E-state index in [-0.39, 0.29) is 5.91 Å². The van der Waals surface area contributed by atoms with E-state index in [2.05, 4.69) is 4.99 Å². The topological polar surface area (TPSA) is 45.1 Å². The van der Waals surface area contributed by atoms with E-state index in [0.717, 1.165) is 27.0 Å². The van der Waals surface area contributed by atoms with E-state index in [9.17, 15) is 4.79 Å². The maximum Gasteiger partial charge on any atom is 0.269 e. The van der Waals surface area contributed by atoms with Crippen molar-refractivity contribution < 1.29 is 9.53 Å². The lowest BCUT2D eigenvalue weighted by Crippen LogP contribution is -2.29. The molecule has 5 nitrogen and oxygen atoms in total. The number of nitrogens with zero attached hydrogens (tertiary/aromatic N) is 3. The molecule has 0 radical (unpaired) electrons. The number of ether oxygens (including phenoxy) is 1. The van der Waals surface area contributed by atoms with Gasteiger partial charge in [-0.15, -0.1) is 0 Å². The maximum atomic E-state index is 13.1. The van der Waals surface area contributed by atoms with Gasteiger partial charge < -0.3 is 9.64 Å². The highest BCUT2D eigenvalue weighted by Crippen LogP contribution is 2.51. The largest absolute Gasteiger partial charge is 0.497 e. The van der Waals surface area contributed by atoms with Crippen LogP contribution in [0.25, 0.3) is 0 Å². The molecule has 144 valence electrons. The number of fused-ring (bicyclic) bond motifs is 1. The monoisotopic (exact) mass is 431 g/mol. The van der Waals surface area contributed by atoms with E-state index in [4.69, 9.17) is 16.3 Å². The highest BCUT2D eigenvalue weighted by molar-refractivity contribution is 8.19. The van der Waals surface area contributed by atoms with Crippen molar-refractivity contribution in [3.63, 3.8) is 0 Å². The highest BCUT2D eigenvalue weighted by Gasteiger charge is 2.38. The molecule has 0 aliphatic carbocycles. The summed E-state index contributed by atoms with van der Waals surface area (Å²) in [7, 11) is 3.62. The molecule has 2 heterocycles. The number of hydrogen-bond acceptors (Lipinski definition) is 6. The van der Waals surface area contributed by atoms with Gasteiger partial charge in [0.25, 0.3) is 5.91 Å². The summed E-state index contributed by atoms with van der Waals surface area (Å²) in [5, 5.41) is 2.20. The average molecular weight is 432 g/mol. The third-order valence-electron chi connectivity index (χ3n) is 4.45. The molecule has 28 heavy (non-hydrogen) atoms. The number of amidine groups is 1. The molecule has 0 unspecified atom stereocenters. The van der Waals surface area contributed by atoms with Crippen molar-refractivity contribution in [1.29, 1.82) is 0 Å². The fourth-order valence-electron chi connectivity index (χ4n) is 3.01. The van der Waals surface area contributed by atoms with Gasteiger partial charge in [-0.05, 0) is 49.0 Å². The standard InChI is InChI=1S/C20H18ClN3O2S2/c1-4-24-18(25)17(28-20(24)22-13-7-5-6-12(21)10-13)19-23(2)15-11-14(26-3)8-9-16(15)27-19/h5-11H,4H2,1-3H3. The lowest BCUT2D eigenvalue weighted by atomic mass is 10.3. The van der Waals surface area contributed by atoms with E-state index < -0.39 is 0 Å². The van der Waals surface area contributed by atoms with Crippen molar-refractivity contribution in [2.75, 3.05) is 25.6 Å². The first-order chi connectivity index (χ1) is 13.5. The van der Waals surface area contributed by atoms with Gasteiger partial charge in [-0.3, -0.25) is 9.69 Å². The number of aliphatic imine (C=N–C) groups is 1. The van der Waals surface area contributed by atoms with E-state index in [0.29, 0.717) is 21.6 Å². The molecule has 8 heteroatoms. The number of thioether (sulfide) groups is 2. The molecule has 0 saturated carbocycles. The summed E-state index contributed by atoms with van der Waals surface area (Å²) < 4.78 is 5.33. The predicted molar refractivity (Wildman–Crippen MR) is 118 cm³/mol. The van der Waals surface area contributed by atoms with Crippen molar-refractivity contribution in [2.24, 2.45) is 4.99 Å².